The molecule has 10 heteroatoms. The van der Waals surface area contributed by atoms with Crippen LogP contribution in [0.4, 0.5) is 10.6 Å². The highest BCUT2D eigenvalue weighted by atomic mass is 32.2. The zero-order chi connectivity index (χ0) is 32.1. The fourth-order valence-corrected chi connectivity index (χ4v) is 12.1. The van der Waals surface area contributed by atoms with E-state index in [-0.39, 0.29) is 52.3 Å². The molecule has 0 aromatic carbocycles. The maximum atomic E-state index is 12.9. The second-order valence-electron chi connectivity index (χ2n) is 15.7. The molecule has 1 amide bonds. The number of amides is 1. The number of fused-ring (bicyclic) bond motifs is 5. The average molecular weight is 646 g/mol. The van der Waals surface area contributed by atoms with E-state index >= 15 is 0 Å². The third-order valence-electron chi connectivity index (χ3n) is 13.6. The summed E-state index contributed by atoms with van der Waals surface area (Å²) < 4.78 is 33.5. The minimum Gasteiger partial charge on any atom is -0.449 e. The number of sulfonamides is 1. The van der Waals surface area contributed by atoms with E-state index in [1.165, 1.54) is 18.7 Å². The first-order valence-electron chi connectivity index (χ1n) is 17.7. The molecule has 2 heterocycles. The zero-order valence-corrected chi connectivity index (χ0v) is 28.5. The Morgan fingerprint density at radius 1 is 1.04 bits per heavy atom. The van der Waals surface area contributed by atoms with Crippen molar-refractivity contribution in [3.63, 3.8) is 0 Å². The van der Waals surface area contributed by atoms with Crippen LogP contribution in [0, 0.1) is 52.3 Å². The molecule has 0 spiro atoms. The molecule has 4 aliphatic carbocycles. The van der Waals surface area contributed by atoms with E-state index in [0.29, 0.717) is 23.7 Å². The number of nitrogens with one attached hydrogen (secondary N) is 1. The van der Waals surface area contributed by atoms with Crippen molar-refractivity contribution >= 4 is 21.9 Å². The third kappa shape index (κ3) is 5.90. The van der Waals surface area contributed by atoms with Crippen LogP contribution in [0.3, 0.4) is 0 Å². The van der Waals surface area contributed by atoms with Gasteiger partial charge >= 0.3 is 6.09 Å². The van der Waals surface area contributed by atoms with Crippen LogP contribution >= 0.6 is 0 Å². The Morgan fingerprint density at radius 2 is 1.76 bits per heavy atom. The zero-order valence-electron chi connectivity index (χ0n) is 27.7. The van der Waals surface area contributed by atoms with E-state index in [0.717, 1.165) is 83.1 Å². The van der Waals surface area contributed by atoms with Gasteiger partial charge in [0.15, 0.2) is 0 Å². The lowest BCUT2D eigenvalue weighted by Gasteiger charge is -2.64. The molecule has 4 saturated carbocycles. The van der Waals surface area contributed by atoms with E-state index in [2.05, 4.69) is 42.3 Å². The van der Waals surface area contributed by atoms with E-state index in [1.54, 1.807) is 6.07 Å². The second kappa shape index (κ2) is 12.6. The van der Waals surface area contributed by atoms with Gasteiger partial charge in [-0.3, -0.25) is 0 Å². The van der Waals surface area contributed by atoms with Crippen LogP contribution in [0.5, 0.6) is 0 Å². The fourth-order valence-electron chi connectivity index (χ4n) is 11.3. The second-order valence-corrected chi connectivity index (χ2v) is 17.4. The average Bonchev–Trinajstić information content (AvgIpc) is 3.38. The van der Waals surface area contributed by atoms with Gasteiger partial charge in [0.1, 0.15) is 10.7 Å². The number of carbonyl (C=O) groups excluding carboxylic acids is 1. The van der Waals surface area contributed by atoms with Crippen molar-refractivity contribution in [1.29, 1.82) is 0 Å². The van der Waals surface area contributed by atoms with Gasteiger partial charge in [0, 0.05) is 19.3 Å². The molecule has 0 bridgehead atoms. The maximum Gasteiger partial charge on any atom is 0.421 e. The summed E-state index contributed by atoms with van der Waals surface area (Å²) in [5.74, 6) is 2.86. The van der Waals surface area contributed by atoms with Crippen LogP contribution in [0.25, 0.3) is 0 Å². The smallest absolute Gasteiger partial charge is 0.421 e. The molecule has 252 valence electrons. The standard InChI is InChI=1S/C35H55N3O6S/c1-5-25-29-19-23(39)13-15-35(29,4)28-14-16-34(3)26(10-11-27(34)31(28)32(25)40)22(2)21-44-33(41)37-45(42,43)24-9-12-30(36-20-24)38-17-7-6-8-18-38/h9,12,20,22-23,25-29,31-32,39-40H,5-8,10-11,13-19,21H2,1-4H3,(H,37,41)/t22-,23-,25-,26?,27+,28+,29?,31+,32-,34?,35?/m1/s1. The Balaban J connectivity index is 1.08. The van der Waals surface area contributed by atoms with Gasteiger partial charge in [0.05, 0.1) is 18.8 Å². The number of rotatable bonds is 7. The van der Waals surface area contributed by atoms with Gasteiger partial charge in [-0.2, -0.15) is 0 Å². The molecular formula is C35H55N3O6S. The first-order valence-corrected chi connectivity index (χ1v) is 19.1. The fraction of sp³-hybridized carbons (Fsp3) is 0.829. The molecule has 5 aliphatic rings. The lowest BCUT2D eigenvalue weighted by molar-refractivity contribution is -0.203. The summed E-state index contributed by atoms with van der Waals surface area (Å²) in [5, 5.41) is 22.5. The summed E-state index contributed by atoms with van der Waals surface area (Å²) in [6, 6.07) is 3.19. The predicted octanol–water partition coefficient (Wildman–Crippen LogP) is 5.75. The molecule has 1 aromatic heterocycles. The van der Waals surface area contributed by atoms with Crippen molar-refractivity contribution < 1.29 is 28.2 Å². The highest BCUT2D eigenvalue weighted by Gasteiger charge is 2.65. The number of hydrogen-bond donors (Lipinski definition) is 3. The summed E-state index contributed by atoms with van der Waals surface area (Å²) in [7, 11) is -4.10. The number of nitrogens with zero attached hydrogens (tertiary/aromatic N) is 2. The van der Waals surface area contributed by atoms with E-state index in [1.807, 2.05) is 0 Å². The summed E-state index contributed by atoms with van der Waals surface area (Å²) in [6.07, 6.45) is 11.0. The molecule has 0 radical (unpaired) electrons. The van der Waals surface area contributed by atoms with E-state index in [9.17, 15) is 23.4 Å². The van der Waals surface area contributed by atoms with Crippen LogP contribution in [0.15, 0.2) is 23.2 Å². The quantitative estimate of drug-likeness (QED) is 0.342. The summed E-state index contributed by atoms with van der Waals surface area (Å²) in [6.45, 7) is 11.1. The highest BCUT2D eigenvalue weighted by Crippen LogP contribution is 2.69. The topological polar surface area (TPSA) is 129 Å². The molecule has 9 nitrogen and oxygen atoms in total. The normalized spacial score (nSPS) is 40.5. The molecule has 3 N–H and O–H groups in total. The first-order chi connectivity index (χ1) is 21.4. The SMILES string of the molecule is CC[C@@H]1C2C[C@H](O)CCC2(C)[C@H]2CCC3(C)C([C@H](C)COC(=O)NS(=O)(=O)c4ccc(N5CCCCC5)nc4)CC[C@H]3[C@@H]2[C@@H]1O. The Labute approximate surface area is 270 Å². The molecular weight excluding hydrogens is 590 g/mol. The monoisotopic (exact) mass is 645 g/mol. The van der Waals surface area contributed by atoms with Gasteiger partial charge in [-0.1, -0.05) is 34.1 Å². The van der Waals surface area contributed by atoms with E-state index < -0.39 is 16.1 Å². The van der Waals surface area contributed by atoms with Crippen LogP contribution in [0.1, 0.15) is 98.3 Å². The van der Waals surface area contributed by atoms with Crippen LogP contribution in [0.2, 0.25) is 0 Å². The number of anilines is 1. The minimum atomic E-state index is -4.10. The van der Waals surface area contributed by atoms with Gasteiger partial charge in [-0.15, -0.1) is 0 Å². The number of aromatic nitrogens is 1. The van der Waals surface area contributed by atoms with Gasteiger partial charge in [-0.25, -0.2) is 22.9 Å². The van der Waals surface area contributed by atoms with E-state index in [4.69, 9.17) is 4.74 Å². The van der Waals surface area contributed by atoms with Crippen LogP contribution in [-0.2, 0) is 14.8 Å². The molecule has 1 saturated heterocycles. The Bertz CT molecular complexity index is 1320. The summed E-state index contributed by atoms with van der Waals surface area (Å²) >= 11 is 0. The van der Waals surface area contributed by atoms with Crippen molar-refractivity contribution in [2.75, 3.05) is 24.6 Å². The van der Waals surface area contributed by atoms with Gasteiger partial charge < -0.3 is 19.8 Å². The number of piperidine rings is 1. The Hall–Kier alpha value is -1.91. The Kier molecular flexibility index (Phi) is 9.24. The van der Waals surface area contributed by atoms with Crippen molar-refractivity contribution in [2.24, 2.45) is 52.3 Å². The number of pyridine rings is 1. The Morgan fingerprint density at radius 3 is 2.44 bits per heavy atom. The lowest BCUT2D eigenvalue weighted by atomic mass is 9.41. The van der Waals surface area contributed by atoms with Crippen molar-refractivity contribution in [1.82, 2.24) is 9.71 Å². The number of aliphatic hydroxyl groups is 2. The molecule has 11 atom stereocenters. The molecule has 1 aliphatic heterocycles. The van der Waals surface area contributed by atoms with Gasteiger partial charge in [0.2, 0.25) is 0 Å². The predicted molar refractivity (Wildman–Crippen MR) is 173 cm³/mol. The van der Waals surface area contributed by atoms with Crippen molar-refractivity contribution in [3.05, 3.63) is 18.3 Å². The summed E-state index contributed by atoms with van der Waals surface area (Å²) in [4.78, 5) is 19.2. The van der Waals surface area contributed by atoms with Crippen molar-refractivity contribution in [3.8, 4) is 0 Å². The first kappa shape index (κ1) is 33.0. The number of hydrogen-bond acceptors (Lipinski definition) is 8. The molecule has 1 aromatic rings. The summed E-state index contributed by atoms with van der Waals surface area (Å²) in [5.41, 5.74) is 0.190. The highest BCUT2D eigenvalue weighted by molar-refractivity contribution is 7.90. The molecule has 4 unspecified atom stereocenters. The maximum absolute atomic E-state index is 12.9. The van der Waals surface area contributed by atoms with Gasteiger partial charge in [0.25, 0.3) is 10.0 Å². The minimum absolute atomic E-state index is 0.0327. The number of carbonyl (C=O) groups is 1. The van der Waals surface area contributed by atoms with Crippen LogP contribution < -0.4 is 9.62 Å². The molecule has 5 fully saturated rings. The van der Waals surface area contributed by atoms with Gasteiger partial charge in [-0.05, 0) is 129 Å². The number of aliphatic hydroxyl groups excluding tert-OH is 2. The third-order valence-corrected chi connectivity index (χ3v) is 14.9. The molecule has 45 heavy (non-hydrogen) atoms. The lowest BCUT2D eigenvalue weighted by Crippen LogP contribution is -2.62. The molecule has 6 rings (SSSR count). The number of ether oxygens (including phenoxy) is 1. The largest absolute Gasteiger partial charge is 0.449 e. The van der Waals surface area contributed by atoms with Crippen LogP contribution in [-0.4, -0.2) is 61.6 Å². The van der Waals surface area contributed by atoms with Crippen molar-refractivity contribution in [2.45, 2.75) is 115 Å².